The lowest BCUT2D eigenvalue weighted by Crippen LogP contribution is -2.12. The van der Waals surface area contributed by atoms with Gasteiger partial charge >= 0.3 is 0 Å². The number of hydrogen-bond donors (Lipinski definition) is 1. The Morgan fingerprint density at radius 3 is 2.71 bits per heavy atom. The number of anilines is 1. The maximum Gasteiger partial charge on any atom is 0.160 e. The lowest BCUT2D eigenvalue weighted by Gasteiger charge is -2.17. The van der Waals surface area contributed by atoms with E-state index in [4.69, 9.17) is 22.1 Å². The molecule has 2 N–H and O–H groups in total. The van der Waals surface area contributed by atoms with Crippen molar-refractivity contribution in [1.29, 1.82) is 0 Å². The van der Waals surface area contributed by atoms with Crippen molar-refractivity contribution in [3.05, 3.63) is 23.2 Å². The van der Waals surface area contributed by atoms with Crippen molar-refractivity contribution in [3.63, 3.8) is 0 Å². The molecule has 0 fully saturated rings. The summed E-state index contributed by atoms with van der Waals surface area (Å²) in [5, 5.41) is 0.593. The smallest absolute Gasteiger partial charge is 0.160 e. The van der Waals surface area contributed by atoms with E-state index < -0.39 is 0 Å². The number of nitrogen functional groups attached to an aromatic ring is 1. The highest BCUT2D eigenvalue weighted by molar-refractivity contribution is 6.32. The maximum absolute atomic E-state index is 6.06. The fourth-order valence-electron chi connectivity index (χ4n) is 1.78. The van der Waals surface area contributed by atoms with E-state index in [1.807, 2.05) is 12.1 Å². The number of halogens is 1. The molecule has 0 aliphatic carbocycles. The van der Waals surface area contributed by atoms with Crippen molar-refractivity contribution >= 4 is 17.3 Å². The fourth-order valence-corrected chi connectivity index (χ4v) is 2.01. The third-order valence-corrected chi connectivity index (χ3v) is 3.30. The molecule has 17 heavy (non-hydrogen) atoms. The summed E-state index contributed by atoms with van der Waals surface area (Å²) in [5.41, 5.74) is 6.45. The first kappa shape index (κ1) is 14.2. The lowest BCUT2D eigenvalue weighted by atomic mass is 10.0. The Morgan fingerprint density at radius 1 is 1.35 bits per heavy atom. The molecule has 0 bridgehead atoms. The van der Waals surface area contributed by atoms with Crippen LogP contribution in [-0.4, -0.2) is 6.61 Å². The first-order chi connectivity index (χ1) is 8.19. The van der Waals surface area contributed by atoms with E-state index in [2.05, 4.69) is 13.8 Å². The number of hydrogen-bond acceptors (Lipinski definition) is 2. The molecule has 1 aromatic carbocycles. The standard InChI is InChI=1S/C14H22ClNO/c1-3-5-7-11(4-2)10-17-14-12(15)8-6-9-13(14)16/h6,8-9,11H,3-5,7,10,16H2,1-2H3. The highest BCUT2D eigenvalue weighted by atomic mass is 35.5. The van der Waals surface area contributed by atoms with Crippen LogP contribution in [0.4, 0.5) is 5.69 Å². The summed E-state index contributed by atoms with van der Waals surface area (Å²) < 4.78 is 5.76. The average molecular weight is 256 g/mol. The van der Waals surface area contributed by atoms with Crippen LogP contribution in [-0.2, 0) is 0 Å². The molecule has 0 saturated heterocycles. The van der Waals surface area contributed by atoms with Crippen LogP contribution in [0.5, 0.6) is 5.75 Å². The Labute approximate surface area is 109 Å². The van der Waals surface area contributed by atoms with Crippen LogP contribution < -0.4 is 10.5 Å². The van der Waals surface area contributed by atoms with Crippen LogP contribution in [0, 0.1) is 5.92 Å². The van der Waals surface area contributed by atoms with Crippen LogP contribution in [0.15, 0.2) is 18.2 Å². The molecular formula is C14H22ClNO. The molecule has 0 aliphatic heterocycles. The molecule has 96 valence electrons. The Balaban J connectivity index is 2.53. The number of para-hydroxylation sites is 1. The second kappa shape index (κ2) is 7.44. The molecule has 3 heteroatoms. The fraction of sp³-hybridized carbons (Fsp3) is 0.571. The van der Waals surface area contributed by atoms with E-state index in [0.29, 0.717) is 29.0 Å². The van der Waals surface area contributed by atoms with E-state index in [1.54, 1.807) is 6.07 Å². The molecule has 0 spiro atoms. The highest BCUT2D eigenvalue weighted by Crippen LogP contribution is 2.31. The minimum atomic E-state index is 0.589. The second-order valence-corrected chi connectivity index (χ2v) is 4.79. The van der Waals surface area contributed by atoms with Gasteiger partial charge in [-0.05, 0) is 24.5 Å². The Morgan fingerprint density at radius 2 is 2.12 bits per heavy atom. The van der Waals surface area contributed by atoms with Gasteiger partial charge in [0.2, 0.25) is 0 Å². The number of benzene rings is 1. The van der Waals surface area contributed by atoms with Gasteiger partial charge in [0.05, 0.1) is 17.3 Å². The van der Waals surface area contributed by atoms with E-state index in [1.165, 1.54) is 19.3 Å². The van der Waals surface area contributed by atoms with Crippen LogP contribution in [0.3, 0.4) is 0 Å². The second-order valence-electron chi connectivity index (χ2n) is 4.39. The van der Waals surface area contributed by atoms with Gasteiger partial charge in [-0.15, -0.1) is 0 Å². The van der Waals surface area contributed by atoms with Gasteiger partial charge in [0, 0.05) is 0 Å². The number of nitrogens with two attached hydrogens (primary N) is 1. The van der Waals surface area contributed by atoms with E-state index >= 15 is 0 Å². The zero-order chi connectivity index (χ0) is 12.7. The molecule has 0 amide bonds. The predicted molar refractivity (Wildman–Crippen MR) is 74.7 cm³/mol. The first-order valence-corrected chi connectivity index (χ1v) is 6.73. The van der Waals surface area contributed by atoms with Crippen LogP contribution in [0.1, 0.15) is 39.5 Å². The summed E-state index contributed by atoms with van der Waals surface area (Å²) in [6.45, 7) is 5.10. The van der Waals surface area contributed by atoms with Crippen molar-refractivity contribution < 1.29 is 4.74 Å². The average Bonchev–Trinajstić information content (AvgIpc) is 2.32. The van der Waals surface area contributed by atoms with Gasteiger partial charge < -0.3 is 10.5 Å². The van der Waals surface area contributed by atoms with Crippen molar-refractivity contribution in [3.8, 4) is 5.75 Å². The molecule has 0 aliphatic rings. The first-order valence-electron chi connectivity index (χ1n) is 6.35. The Hall–Kier alpha value is -0.890. The third-order valence-electron chi connectivity index (χ3n) is 3.00. The zero-order valence-electron chi connectivity index (χ0n) is 10.7. The SMILES string of the molecule is CCCCC(CC)COc1c(N)cccc1Cl. The molecule has 1 rings (SSSR count). The molecule has 1 unspecified atom stereocenters. The minimum absolute atomic E-state index is 0.589. The van der Waals surface area contributed by atoms with Gasteiger partial charge in [0.25, 0.3) is 0 Å². The lowest BCUT2D eigenvalue weighted by molar-refractivity contribution is 0.234. The summed E-state index contributed by atoms with van der Waals surface area (Å²) in [4.78, 5) is 0. The topological polar surface area (TPSA) is 35.2 Å². The molecule has 2 nitrogen and oxygen atoms in total. The summed E-state index contributed by atoms with van der Waals surface area (Å²) in [5.74, 6) is 1.22. The van der Waals surface area contributed by atoms with Gasteiger partial charge in [0.15, 0.2) is 5.75 Å². The maximum atomic E-state index is 6.06. The number of rotatable bonds is 7. The number of ether oxygens (including phenoxy) is 1. The largest absolute Gasteiger partial charge is 0.490 e. The van der Waals surface area contributed by atoms with Gasteiger partial charge in [-0.1, -0.05) is 50.8 Å². The van der Waals surface area contributed by atoms with Gasteiger partial charge in [0.1, 0.15) is 0 Å². The normalized spacial score (nSPS) is 12.4. The van der Waals surface area contributed by atoms with Crippen LogP contribution in [0.2, 0.25) is 5.02 Å². The molecule has 0 aromatic heterocycles. The molecule has 0 radical (unpaired) electrons. The van der Waals surface area contributed by atoms with E-state index in [9.17, 15) is 0 Å². The van der Waals surface area contributed by atoms with E-state index in [0.717, 1.165) is 6.42 Å². The highest BCUT2D eigenvalue weighted by Gasteiger charge is 2.10. The van der Waals surface area contributed by atoms with Gasteiger partial charge in [-0.3, -0.25) is 0 Å². The van der Waals surface area contributed by atoms with Crippen molar-refractivity contribution in [2.75, 3.05) is 12.3 Å². The molecule has 1 atom stereocenters. The predicted octanol–water partition coefficient (Wildman–Crippen LogP) is 4.52. The molecular weight excluding hydrogens is 234 g/mol. The van der Waals surface area contributed by atoms with Crippen molar-refractivity contribution in [1.82, 2.24) is 0 Å². The van der Waals surface area contributed by atoms with Gasteiger partial charge in [-0.2, -0.15) is 0 Å². The monoisotopic (exact) mass is 255 g/mol. The Bertz CT molecular complexity index is 321. The molecule has 0 heterocycles. The third kappa shape index (κ3) is 4.47. The van der Waals surface area contributed by atoms with Crippen LogP contribution >= 0.6 is 11.6 Å². The van der Waals surface area contributed by atoms with Crippen LogP contribution in [0.25, 0.3) is 0 Å². The van der Waals surface area contributed by atoms with Crippen molar-refractivity contribution in [2.45, 2.75) is 39.5 Å². The minimum Gasteiger partial charge on any atom is -0.490 e. The zero-order valence-corrected chi connectivity index (χ0v) is 11.5. The van der Waals surface area contributed by atoms with Crippen molar-refractivity contribution in [2.24, 2.45) is 5.92 Å². The summed E-state index contributed by atoms with van der Waals surface area (Å²) >= 11 is 6.06. The summed E-state index contributed by atoms with van der Waals surface area (Å²) in [6.07, 6.45) is 4.81. The van der Waals surface area contributed by atoms with Gasteiger partial charge in [-0.25, -0.2) is 0 Å². The molecule has 1 aromatic rings. The van der Waals surface area contributed by atoms with E-state index in [-0.39, 0.29) is 0 Å². The molecule has 0 saturated carbocycles. The quantitative estimate of drug-likeness (QED) is 0.727. The number of unbranched alkanes of at least 4 members (excludes halogenated alkanes) is 1. The Kier molecular flexibility index (Phi) is 6.20. The summed E-state index contributed by atoms with van der Waals surface area (Å²) in [7, 11) is 0. The summed E-state index contributed by atoms with van der Waals surface area (Å²) in [6, 6.07) is 5.45.